The summed E-state index contributed by atoms with van der Waals surface area (Å²) in [6.07, 6.45) is 7.52. The number of rotatable bonds is 7. The molecule has 6 aliphatic heterocycles. The largest absolute Gasteiger partial charge is 0.507 e. The number of piperazine rings is 1. The number of fused-ring (bicyclic) bond motifs is 13. The van der Waals surface area contributed by atoms with Crippen LogP contribution >= 0.6 is 0 Å². The molecule has 2 saturated heterocycles. The molecule has 0 aliphatic carbocycles. The maximum absolute atomic E-state index is 14.7. The van der Waals surface area contributed by atoms with Crippen molar-refractivity contribution < 1.29 is 53.8 Å². The molecular weight excluding hydrogens is 911 g/mol. The van der Waals surface area contributed by atoms with Gasteiger partial charge in [-0.2, -0.15) is 0 Å². The number of aliphatic hydroxyl groups is 2. The number of aliphatic hydroxyl groups excluding tert-OH is 2. The van der Waals surface area contributed by atoms with Crippen LogP contribution in [0.2, 0.25) is 0 Å². The van der Waals surface area contributed by atoms with E-state index in [4.69, 9.17) is 19.2 Å². The minimum Gasteiger partial charge on any atom is -0.507 e. The number of ether oxygens (including phenoxy) is 3. The second-order valence-electron chi connectivity index (χ2n) is 20.2. The van der Waals surface area contributed by atoms with E-state index in [1.165, 1.54) is 19.3 Å². The molecule has 5 atom stereocenters. The number of ketones is 1. The first-order chi connectivity index (χ1) is 33.8. The highest BCUT2D eigenvalue weighted by molar-refractivity contribution is 6.21. The highest BCUT2D eigenvalue weighted by Crippen LogP contribution is 2.51. The first-order valence-electron chi connectivity index (χ1n) is 24.8. The van der Waals surface area contributed by atoms with Gasteiger partial charge in [-0.1, -0.05) is 45.1 Å². The first-order valence-corrected chi connectivity index (χ1v) is 24.8. The number of hydrogen-bond donors (Lipinski definition) is 5. The van der Waals surface area contributed by atoms with E-state index in [9.17, 15) is 39.6 Å². The lowest BCUT2D eigenvalue weighted by Crippen LogP contribution is -2.48. The molecule has 2 amide bonds. The molecule has 3 aromatic rings. The van der Waals surface area contributed by atoms with Crippen LogP contribution in [0.3, 0.4) is 0 Å². The van der Waals surface area contributed by atoms with Gasteiger partial charge in [-0.25, -0.2) is 4.99 Å². The molecule has 71 heavy (non-hydrogen) atoms. The number of aromatic nitrogens is 1. The van der Waals surface area contributed by atoms with E-state index in [0.29, 0.717) is 57.2 Å². The number of esters is 1. The molecular formula is C53H67N7O11. The Bertz CT molecular complexity index is 2760. The Morgan fingerprint density at radius 3 is 2.42 bits per heavy atom. The third kappa shape index (κ3) is 11.2. The molecule has 5 N–H and O–H groups in total. The van der Waals surface area contributed by atoms with Crippen molar-refractivity contribution in [3.8, 4) is 17.2 Å². The number of aromatic hydroxyl groups is 2. The van der Waals surface area contributed by atoms with Gasteiger partial charge in [-0.3, -0.25) is 34.1 Å². The summed E-state index contributed by atoms with van der Waals surface area (Å²) >= 11 is 0. The molecule has 18 nitrogen and oxygen atoms in total. The summed E-state index contributed by atoms with van der Waals surface area (Å²) in [7, 11) is 0. The molecule has 0 saturated carbocycles. The number of piperidine rings is 1. The minimum atomic E-state index is -1.93. The summed E-state index contributed by atoms with van der Waals surface area (Å²) in [5.41, 5.74) is 0.809. The van der Waals surface area contributed by atoms with E-state index in [0.717, 1.165) is 25.3 Å². The lowest BCUT2D eigenvalue weighted by atomic mass is 9.92. The quantitative estimate of drug-likeness (QED) is 0.125. The van der Waals surface area contributed by atoms with Crippen LogP contribution in [-0.2, 0) is 30.4 Å². The molecule has 0 radical (unpaired) electrons. The molecule has 380 valence electrons. The molecule has 1 spiro atoms. The molecule has 6 aliphatic rings. The third-order valence-corrected chi connectivity index (χ3v) is 14.2. The SMILES string of the molecule is C/C1=C/C=C/C(C)[C@H](O)CC(O)C[C@H](OC(=O)CC(=O)N2CCN(Cc3ccccn3)CC2)CC/C=C/O[C@@]2(C)Oc3c(C)c(O)c4c(O)c(c5c(c4c3C2=O)NC2(CCN(CC(C)C)CC2)N=5)=NC1=O. The Kier molecular flexibility index (Phi) is 15.3. The predicted molar refractivity (Wildman–Crippen MR) is 263 cm³/mol. The van der Waals surface area contributed by atoms with Crippen LogP contribution in [0.5, 0.6) is 17.2 Å². The van der Waals surface area contributed by atoms with E-state index in [1.807, 2.05) is 18.2 Å². The number of carbonyl (C=O) groups is 4. The maximum Gasteiger partial charge on any atom is 0.315 e. The van der Waals surface area contributed by atoms with Gasteiger partial charge in [0.1, 0.15) is 40.4 Å². The fourth-order valence-electron chi connectivity index (χ4n) is 10.1. The van der Waals surface area contributed by atoms with Crippen molar-refractivity contribution in [1.29, 1.82) is 0 Å². The normalized spacial score (nSPS) is 27.0. The highest BCUT2D eigenvalue weighted by Gasteiger charge is 2.50. The van der Waals surface area contributed by atoms with Gasteiger partial charge in [0, 0.05) is 107 Å². The van der Waals surface area contributed by atoms with Gasteiger partial charge >= 0.3 is 11.8 Å². The zero-order valence-corrected chi connectivity index (χ0v) is 41.5. The maximum atomic E-state index is 14.7. The number of anilines is 1. The van der Waals surface area contributed by atoms with E-state index < -0.39 is 65.5 Å². The van der Waals surface area contributed by atoms with Crippen LogP contribution in [0.1, 0.15) is 101 Å². The number of hydrogen-bond acceptors (Lipinski definition) is 16. The second kappa shape index (κ2) is 21.2. The number of likely N-dealkylation sites (tertiary alicyclic amines) is 1. The van der Waals surface area contributed by atoms with Crippen LogP contribution < -0.4 is 20.8 Å². The van der Waals surface area contributed by atoms with Gasteiger partial charge in [0.2, 0.25) is 5.91 Å². The number of allylic oxidation sites excluding steroid dienone is 3. The van der Waals surface area contributed by atoms with Gasteiger partial charge < -0.3 is 49.8 Å². The van der Waals surface area contributed by atoms with Gasteiger partial charge in [-0.15, -0.1) is 0 Å². The van der Waals surface area contributed by atoms with Crippen molar-refractivity contribution in [1.82, 2.24) is 19.7 Å². The van der Waals surface area contributed by atoms with Gasteiger partial charge in [0.05, 0.1) is 40.8 Å². The van der Waals surface area contributed by atoms with E-state index in [1.54, 1.807) is 50.1 Å². The van der Waals surface area contributed by atoms with Gasteiger partial charge in [0.25, 0.3) is 11.7 Å². The van der Waals surface area contributed by atoms with Crippen molar-refractivity contribution in [3.63, 3.8) is 0 Å². The van der Waals surface area contributed by atoms with Crippen LogP contribution in [0.4, 0.5) is 5.69 Å². The smallest absolute Gasteiger partial charge is 0.315 e. The monoisotopic (exact) mass is 977 g/mol. The van der Waals surface area contributed by atoms with Crippen molar-refractivity contribution in [2.24, 2.45) is 21.8 Å². The van der Waals surface area contributed by atoms with E-state index in [-0.39, 0.29) is 81.3 Å². The lowest BCUT2D eigenvalue weighted by Gasteiger charge is -2.38. The van der Waals surface area contributed by atoms with Crippen molar-refractivity contribution in [2.75, 3.05) is 51.1 Å². The topological polar surface area (TPSA) is 236 Å². The summed E-state index contributed by atoms with van der Waals surface area (Å²) in [5.74, 6) is -5.18. The number of Topliss-reactive ketones (excluding diaryl/α,β-unsaturated/α-hetero) is 1. The van der Waals surface area contributed by atoms with Gasteiger partial charge in [0.15, 0.2) is 5.75 Å². The number of phenols is 2. The Morgan fingerprint density at radius 2 is 1.72 bits per heavy atom. The molecule has 9 rings (SSSR count). The summed E-state index contributed by atoms with van der Waals surface area (Å²) in [4.78, 5) is 75.4. The lowest BCUT2D eigenvalue weighted by molar-refractivity contribution is -0.155. The number of carbonyl (C=O) groups excluding carboxylic acids is 4. The van der Waals surface area contributed by atoms with Crippen LogP contribution in [-0.4, -0.2) is 139 Å². The average Bonchev–Trinajstić information content (AvgIpc) is 3.83. The Balaban J connectivity index is 1.07. The summed E-state index contributed by atoms with van der Waals surface area (Å²) in [6.45, 7) is 15.8. The van der Waals surface area contributed by atoms with Crippen LogP contribution in [0.15, 0.2) is 70.5 Å². The standard InChI is InChI=1S/C53H67N7O11/c1-31(2)29-58-19-16-53(17-20-58)56-44-41-42-47(65)34(5)49-43(41)50(67)52(6,71-49)69-25-10-8-15-37(70-40(64)28-39(63)60-23-21-59(22-24-60)30-35-14-7-9-18-54-35)26-36(61)27-38(62)32(3)12-11-13-33(4)51(68)55-46(48(42)66)45(44)57-53/h7,9-14,18,25,31-32,36-38,56,61-62,65-66H,8,15-17,19-24,26-30H2,1-6H3/b12-11+,25-10+,33-13-,55-46?/t32?,36?,37-,38-,52+/m1/s1. The third-order valence-electron chi connectivity index (χ3n) is 14.2. The Labute approximate surface area is 413 Å². The number of benzene rings is 2. The summed E-state index contributed by atoms with van der Waals surface area (Å²) in [6, 6.07) is 5.75. The Hall–Kier alpha value is -6.21. The summed E-state index contributed by atoms with van der Waals surface area (Å²) < 4.78 is 18.2. The highest BCUT2D eigenvalue weighted by atomic mass is 16.7. The molecule has 2 unspecified atom stereocenters. The first kappa shape index (κ1) is 51.2. The molecule has 5 bridgehead atoms. The number of phenolic OH excluding ortho intramolecular Hbond substituents is 2. The fraction of sp³-hybridized carbons (Fsp3) is 0.528. The van der Waals surface area contributed by atoms with Crippen molar-refractivity contribution in [2.45, 2.75) is 123 Å². The summed E-state index contributed by atoms with van der Waals surface area (Å²) in [5, 5.41) is 50.0. The molecule has 18 heteroatoms. The zero-order valence-electron chi connectivity index (χ0n) is 41.5. The zero-order chi connectivity index (χ0) is 50.8. The Morgan fingerprint density at radius 1 is 0.972 bits per heavy atom. The van der Waals surface area contributed by atoms with E-state index in [2.05, 4.69) is 38.9 Å². The minimum absolute atomic E-state index is 0.0375. The number of amides is 2. The predicted octanol–water partition coefficient (Wildman–Crippen LogP) is 4.50. The fourth-order valence-corrected chi connectivity index (χ4v) is 10.1. The van der Waals surface area contributed by atoms with Gasteiger partial charge in [-0.05, 0) is 57.2 Å². The molecule has 7 heterocycles. The molecule has 2 fully saturated rings. The molecule has 2 aromatic carbocycles. The average molecular weight is 978 g/mol. The van der Waals surface area contributed by atoms with Crippen molar-refractivity contribution >= 4 is 40.0 Å². The number of nitrogens with zero attached hydrogens (tertiary/aromatic N) is 6. The number of nitrogens with one attached hydrogen (secondary N) is 1. The van der Waals surface area contributed by atoms with Crippen LogP contribution in [0, 0.1) is 18.8 Å². The van der Waals surface area contributed by atoms with Crippen LogP contribution in [0.25, 0.3) is 10.8 Å². The number of pyridine rings is 1. The van der Waals surface area contributed by atoms with E-state index >= 15 is 0 Å². The molecule has 1 aromatic heterocycles. The van der Waals surface area contributed by atoms with Crippen molar-refractivity contribution in [3.05, 3.63) is 88.1 Å². The second-order valence-corrected chi connectivity index (χ2v) is 20.2.